The number of urea groups is 1. The molecule has 8 heteroatoms. The zero-order chi connectivity index (χ0) is 18.8. The molecule has 3 atom stereocenters. The highest BCUT2D eigenvalue weighted by molar-refractivity contribution is 6.30. The molecule has 0 aromatic heterocycles. The van der Waals surface area contributed by atoms with Crippen molar-refractivity contribution in [3.8, 4) is 0 Å². The molecule has 0 unspecified atom stereocenters. The number of carbonyl (C=O) groups is 2. The number of piperidine rings is 1. The van der Waals surface area contributed by atoms with Crippen LogP contribution in [0.5, 0.6) is 0 Å². The van der Waals surface area contributed by atoms with Gasteiger partial charge in [-0.2, -0.15) is 0 Å². The zero-order valence-electron chi connectivity index (χ0n) is 15.1. The van der Waals surface area contributed by atoms with Crippen LogP contribution in [0.4, 0.5) is 4.79 Å². The summed E-state index contributed by atoms with van der Waals surface area (Å²) in [6.07, 6.45) is 1.62. The highest BCUT2D eigenvalue weighted by atomic mass is 35.5. The zero-order valence-corrected chi connectivity index (χ0v) is 15.9. The number of fused-ring (bicyclic) bond motifs is 1. The largest absolute Gasteiger partial charge is 0.372 e. The summed E-state index contributed by atoms with van der Waals surface area (Å²) in [4.78, 5) is 28.0. The lowest BCUT2D eigenvalue weighted by Crippen LogP contribution is -2.62. The van der Waals surface area contributed by atoms with Crippen LogP contribution in [-0.4, -0.2) is 72.8 Å². The maximum absolute atomic E-state index is 12.8. The van der Waals surface area contributed by atoms with E-state index < -0.39 is 0 Å². The van der Waals surface area contributed by atoms with Crippen molar-refractivity contribution in [2.75, 3.05) is 32.8 Å². The van der Waals surface area contributed by atoms with Crippen LogP contribution in [-0.2, 0) is 20.9 Å². The molecule has 1 aromatic carbocycles. The van der Waals surface area contributed by atoms with Gasteiger partial charge in [0.2, 0.25) is 5.91 Å². The fraction of sp³-hybridized carbons (Fsp3) is 0.579. The summed E-state index contributed by atoms with van der Waals surface area (Å²) < 4.78 is 11.5. The van der Waals surface area contributed by atoms with Crippen LogP contribution in [0.15, 0.2) is 24.3 Å². The number of likely N-dealkylation sites (tertiary alicyclic amines) is 2. The average Bonchev–Trinajstić information content (AvgIpc) is 3.14. The van der Waals surface area contributed by atoms with Gasteiger partial charge in [0.25, 0.3) is 0 Å². The molecule has 0 aliphatic carbocycles. The van der Waals surface area contributed by atoms with Crippen LogP contribution in [0, 0.1) is 0 Å². The second-order valence-corrected chi connectivity index (χ2v) is 7.77. The lowest BCUT2D eigenvalue weighted by atomic mass is 10.0. The molecule has 0 radical (unpaired) electrons. The molecule has 0 bridgehead atoms. The van der Waals surface area contributed by atoms with Gasteiger partial charge in [0.1, 0.15) is 6.61 Å². The van der Waals surface area contributed by atoms with Gasteiger partial charge in [0.15, 0.2) is 0 Å². The van der Waals surface area contributed by atoms with Crippen molar-refractivity contribution in [2.45, 2.75) is 37.7 Å². The minimum Gasteiger partial charge on any atom is -0.372 e. The van der Waals surface area contributed by atoms with Gasteiger partial charge in [-0.3, -0.25) is 4.79 Å². The van der Waals surface area contributed by atoms with Gasteiger partial charge >= 0.3 is 6.03 Å². The first-order valence-electron chi connectivity index (χ1n) is 9.39. The number of rotatable bonds is 3. The number of ether oxygens (including phenoxy) is 2. The molecule has 0 spiro atoms. The first kappa shape index (κ1) is 18.5. The number of halogens is 1. The fourth-order valence-corrected chi connectivity index (χ4v) is 4.17. The van der Waals surface area contributed by atoms with E-state index in [1.807, 2.05) is 34.1 Å². The summed E-state index contributed by atoms with van der Waals surface area (Å²) in [6.45, 7) is 3.04. The van der Waals surface area contributed by atoms with Gasteiger partial charge in [-0.1, -0.05) is 23.7 Å². The summed E-state index contributed by atoms with van der Waals surface area (Å²) in [5.74, 6) is -0.110. The fourth-order valence-electron chi connectivity index (χ4n) is 3.95. The van der Waals surface area contributed by atoms with Gasteiger partial charge in [0.05, 0.1) is 24.9 Å². The maximum atomic E-state index is 12.8. The molecule has 3 fully saturated rings. The molecule has 27 heavy (non-hydrogen) atoms. The predicted octanol–water partition coefficient (Wildman–Crippen LogP) is 1.64. The molecule has 7 nitrogen and oxygen atoms in total. The average molecular weight is 394 g/mol. The van der Waals surface area contributed by atoms with Crippen molar-refractivity contribution in [3.05, 3.63) is 34.9 Å². The highest BCUT2D eigenvalue weighted by Gasteiger charge is 2.38. The number of hydrogen-bond donors (Lipinski definition) is 1. The Kier molecular flexibility index (Phi) is 5.52. The van der Waals surface area contributed by atoms with Crippen LogP contribution >= 0.6 is 11.6 Å². The minimum atomic E-state index is -0.110. The van der Waals surface area contributed by atoms with Crippen molar-refractivity contribution < 1.29 is 19.1 Å². The molecule has 3 heterocycles. The van der Waals surface area contributed by atoms with Gasteiger partial charge in [-0.15, -0.1) is 0 Å². The lowest BCUT2D eigenvalue weighted by Gasteiger charge is -2.42. The first-order chi connectivity index (χ1) is 13.1. The van der Waals surface area contributed by atoms with E-state index in [4.69, 9.17) is 21.1 Å². The lowest BCUT2D eigenvalue weighted by molar-refractivity contribution is -0.139. The van der Waals surface area contributed by atoms with Gasteiger partial charge in [-0.05, 0) is 30.5 Å². The summed E-state index contributed by atoms with van der Waals surface area (Å²) in [5.41, 5.74) is 1.03. The summed E-state index contributed by atoms with van der Waals surface area (Å²) in [6, 6.07) is 7.52. The van der Waals surface area contributed by atoms with Crippen LogP contribution in [0.2, 0.25) is 5.02 Å². The quantitative estimate of drug-likeness (QED) is 0.847. The van der Waals surface area contributed by atoms with E-state index in [2.05, 4.69) is 5.32 Å². The van der Waals surface area contributed by atoms with Gasteiger partial charge in [0, 0.05) is 31.2 Å². The third kappa shape index (κ3) is 4.36. The molecule has 3 aliphatic rings. The Hall–Kier alpha value is -1.83. The molecule has 3 saturated heterocycles. The van der Waals surface area contributed by atoms with Crippen molar-refractivity contribution in [3.63, 3.8) is 0 Å². The van der Waals surface area contributed by atoms with Crippen LogP contribution in [0.25, 0.3) is 0 Å². The Labute approximate surface area is 163 Å². The molecule has 146 valence electrons. The van der Waals surface area contributed by atoms with E-state index in [9.17, 15) is 9.59 Å². The van der Waals surface area contributed by atoms with Crippen LogP contribution < -0.4 is 5.32 Å². The molecule has 3 amide bonds. The molecule has 0 saturated carbocycles. The number of amides is 3. The Bertz CT molecular complexity index is 716. The van der Waals surface area contributed by atoms with Crippen molar-refractivity contribution in [1.29, 1.82) is 0 Å². The third-order valence-corrected chi connectivity index (χ3v) is 5.62. The molecule has 1 N–H and O–H groups in total. The Morgan fingerprint density at radius 1 is 1.26 bits per heavy atom. The molecule has 1 aromatic rings. The number of carbonyl (C=O) groups excluding carboxylic acids is 2. The predicted molar refractivity (Wildman–Crippen MR) is 99.5 cm³/mol. The normalized spacial score (nSPS) is 28.0. The highest BCUT2D eigenvalue weighted by Crippen LogP contribution is 2.22. The Morgan fingerprint density at radius 3 is 2.93 bits per heavy atom. The summed E-state index contributed by atoms with van der Waals surface area (Å²) in [7, 11) is 0. The Morgan fingerprint density at radius 2 is 2.07 bits per heavy atom. The standard InChI is InChI=1S/C19H24ClN3O4/c20-14-3-1-2-13(8-14)11-26-15-4-6-22(9-15)19(25)23-7-5-17-16(10-23)21-18(24)12-27-17/h1-3,8,15-17H,4-7,9-12H2,(H,21,24)/t15-,16-,17+/m1/s1. The monoisotopic (exact) mass is 393 g/mol. The third-order valence-electron chi connectivity index (χ3n) is 5.39. The number of morpholine rings is 1. The number of nitrogens with zero attached hydrogens (tertiary/aromatic N) is 2. The van der Waals surface area contributed by atoms with Gasteiger partial charge in [-0.25, -0.2) is 4.79 Å². The second kappa shape index (κ2) is 8.04. The number of nitrogens with one attached hydrogen (secondary N) is 1. The van der Waals surface area contributed by atoms with E-state index in [0.29, 0.717) is 37.8 Å². The van der Waals surface area contributed by atoms with E-state index in [1.54, 1.807) is 0 Å². The molecule has 4 rings (SSSR count). The SMILES string of the molecule is O=C1CO[C@H]2CCN(C(=O)N3CC[C@@H](OCc4cccc(Cl)c4)C3)C[C@H]2N1. The van der Waals surface area contributed by atoms with Gasteiger partial charge < -0.3 is 24.6 Å². The topological polar surface area (TPSA) is 71.1 Å². The van der Waals surface area contributed by atoms with Crippen LogP contribution in [0.1, 0.15) is 18.4 Å². The molecule has 3 aliphatic heterocycles. The summed E-state index contributed by atoms with van der Waals surface area (Å²) in [5, 5.41) is 3.63. The maximum Gasteiger partial charge on any atom is 0.320 e. The first-order valence-corrected chi connectivity index (χ1v) is 9.77. The smallest absolute Gasteiger partial charge is 0.320 e. The Balaban J connectivity index is 1.27. The number of hydrogen-bond acceptors (Lipinski definition) is 4. The second-order valence-electron chi connectivity index (χ2n) is 7.34. The van der Waals surface area contributed by atoms with E-state index in [1.165, 1.54) is 0 Å². The molecular formula is C19H24ClN3O4. The van der Waals surface area contributed by atoms with Crippen molar-refractivity contribution >= 4 is 23.5 Å². The molecular weight excluding hydrogens is 370 g/mol. The van der Waals surface area contributed by atoms with Crippen LogP contribution in [0.3, 0.4) is 0 Å². The van der Waals surface area contributed by atoms with Crippen molar-refractivity contribution in [2.24, 2.45) is 0 Å². The van der Waals surface area contributed by atoms with E-state index >= 15 is 0 Å². The van der Waals surface area contributed by atoms with Crippen molar-refractivity contribution in [1.82, 2.24) is 15.1 Å². The van der Waals surface area contributed by atoms with E-state index in [-0.39, 0.29) is 36.8 Å². The number of benzene rings is 1. The summed E-state index contributed by atoms with van der Waals surface area (Å²) >= 11 is 6.00. The van der Waals surface area contributed by atoms with E-state index in [0.717, 1.165) is 18.4 Å². The minimum absolute atomic E-state index is 0.0131.